The molecule has 2 N–H and O–H groups in total. The molecule has 1 aliphatic rings. The number of anilines is 2. The van der Waals surface area contributed by atoms with Crippen LogP contribution < -0.4 is 15.4 Å². The van der Waals surface area contributed by atoms with Crippen molar-refractivity contribution in [3.8, 4) is 5.75 Å². The van der Waals surface area contributed by atoms with Crippen molar-refractivity contribution in [3.05, 3.63) is 113 Å². The Bertz CT molecular complexity index is 1890. The number of furan rings is 1. The number of fused-ring (bicyclic) bond motifs is 1. The summed E-state index contributed by atoms with van der Waals surface area (Å²) in [6, 6.07) is 22.3. The number of rotatable bonds is 14. The highest BCUT2D eigenvalue weighted by Gasteiger charge is 2.56. The molecule has 0 radical (unpaired) electrons. The molecule has 5 rings (SSSR count). The number of nitrogens with zero attached hydrogens (tertiary/aromatic N) is 1. The van der Waals surface area contributed by atoms with E-state index in [0.717, 1.165) is 24.2 Å². The molecule has 3 aromatic carbocycles. The maximum atomic E-state index is 13.8. The molecular weight excluding hydrogens is 654 g/mol. The zero-order valence-corrected chi connectivity index (χ0v) is 30.1. The van der Waals surface area contributed by atoms with E-state index < -0.39 is 22.7 Å². The lowest BCUT2D eigenvalue weighted by Crippen LogP contribution is -2.53. The van der Waals surface area contributed by atoms with E-state index in [0.29, 0.717) is 29.3 Å². The SMILES string of the molecule is CCC(C)(C)c1ccc(OCCCC(=O)Nc2ccc3c(c2)C(=O)N(C(Cl)(C(=O)Nc2ccccc2)c2ccco2)C3=O)c(C(C)(C)CC)c1. The van der Waals surface area contributed by atoms with Gasteiger partial charge in [-0.3, -0.25) is 19.2 Å². The van der Waals surface area contributed by atoms with Gasteiger partial charge >= 0.3 is 0 Å². The summed E-state index contributed by atoms with van der Waals surface area (Å²) < 4.78 is 11.7. The summed E-state index contributed by atoms with van der Waals surface area (Å²) >= 11 is 6.91. The standard InChI is InChI=1S/C40H44ClN3O6/c1-7-38(3,4)26-18-21-32(31(24-26)39(5,6)8-2)49-22-13-17-34(45)42-28-19-20-29-30(25-28)36(47)44(35(29)46)40(41,33-16-12-23-50-33)37(48)43-27-14-10-9-11-15-27/h9-12,14-16,18-21,23-25H,7-8,13,17,22H2,1-6H3,(H,42,45)(H,43,48). The molecule has 9 nitrogen and oxygen atoms in total. The van der Waals surface area contributed by atoms with Crippen LogP contribution >= 0.6 is 11.6 Å². The van der Waals surface area contributed by atoms with Gasteiger partial charge in [0.05, 0.1) is 24.0 Å². The zero-order chi connectivity index (χ0) is 36.3. The smallest absolute Gasteiger partial charge is 0.274 e. The van der Waals surface area contributed by atoms with Crippen molar-refractivity contribution in [2.75, 3.05) is 17.2 Å². The van der Waals surface area contributed by atoms with Crippen LogP contribution in [0.3, 0.4) is 0 Å². The first-order valence-electron chi connectivity index (χ1n) is 16.9. The molecular formula is C40H44ClN3O6. The van der Waals surface area contributed by atoms with Crippen LogP contribution in [0.5, 0.6) is 5.75 Å². The van der Waals surface area contributed by atoms with Gasteiger partial charge in [-0.1, -0.05) is 83.5 Å². The van der Waals surface area contributed by atoms with Gasteiger partial charge in [0, 0.05) is 23.4 Å². The predicted molar refractivity (Wildman–Crippen MR) is 195 cm³/mol. The third-order valence-corrected chi connectivity index (χ3v) is 10.2. The quantitative estimate of drug-likeness (QED) is 0.0589. The number of carbonyl (C=O) groups excluding carboxylic acids is 4. The first-order valence-corrected chi connectivity index (χ1v) is 17.3. The lowest BCUT2D eigenvalue weighted by molar-refractivity contribution is -0.122. The van der Waals surface area contributed by atoms with Crippen LogP contribution in [0.2, 0.25) is 0 Å². The Hall–Kier alpha value is -4.89. The average molecular weight is 698 g/mol. The summed E-state index contributed by atoms with van der Waals surface area (Å²) in [7, 11) is 0. The van der Waals surface area contributed by atoms with Gasteiger partial charge in [-0.05, 0) is 84.2 Å². The van der Waals surface area contributed by atoms with Gasteiger partial charge < -0.3 is 19.8 Å². The van der Waals surface area contributed by atoms with E-state index in [1.54, 1.807) is 30.3 Å². The van der Waals surface area contributed by atoms with Crippen LogP contribution in [0.15, 0.2) is 89.5 Å². The van der Waals surface area contributed by atoms with Crippen molar-refractivity contribution in [2.24, 2.45) is 0 Å². The summed E-state index contributed by atoms with van der Waals surface area (Å²) in [5, 5.41) is 5.48. The van der Waals surface area contributed by atoms with E-state index in [2.05, 4.69) is 64.3 Å². The number of nitrogens with one attached hydrogen (secondary N) is 2. The van der Waals surface area contributed by atoms with Crippen LogP contribution in [0.25, 0.3) is 0 Å². The Kier molecular flexibility index (Phi) is 10.6. The van der Waals surface area contributed by atoms with Crippen LogP contribution in [0.1, 0.15) is 105 Å². The lowest BCUT2D eigenvalue weighted by Gasteiger charge is -2.31. The monoisotopic (exact) mass is 697 g/mol. The first kappa shape index (κ1) is 36.4. The van der Waals surface area contributed by atoms with Crippen molar-refractivity contribution < 1.29 is 28.3 Å². The van der Waals surface area contributed by atoms with Gasteiger partial charge in [0.2, 0.25) is 5.91 Å². The molecule has 1 aliphatic heterocycles. The van der Waals surface area contributed by atoms with E-state index in [1.165, 1.54) is 42.2 Å². The number of hydrogen-bond acceptors (Lipinski definition) is 6. The molecule has 1 atom stereocenters. The molecule has 4 aromatic rings. The third kappa shape index (κ3) is 7.19. The summed E-state index contributed by atoms with van der Waals surface area (Å²) in [6.45, 7) is 13.6. The largest absolute Gasteiger partial charge is 0.493 e. The minimum Gasteiger partial charge on any atom is -0.493 e. The highest BCUT2D eigenvalue weighted by Crippen LogP contribution is 2.42. The van der Waals surface area contributed by atoms with E-state index in [1.807, 2.05) is 6.07 Å². The van der Waals surface area contributed by atoms with E-state index in [9.17, 15) is 19.2 Å². The predicted octanol–water partition coefficient (Wildman–Crippen LogP) is 8.78. The molecule has 1 unspecified atom stereocenters. The Labute approximate surface area is 298 Å². The van der Waals surface area contributed by atoms with Crippen molar-refractivity contribution in [1.29, 1.82) is 0 Å². The second-order valence-corrected chi connectivity index (χ2v) is 14.4. The lowest BCUT2D eigenvalue weighted by atomic mass is 9.76. The summed E-state index contributed by atoms with van der Waals surface area (Å²) in [5.74, 6) is -1.99. The van der Waals surface area contributed by atoms with Crippen molar-refractivity contribution in [2.45, 2.75) is 83.1 Å². The Morgan fingerprint density at radius 2 is 1.50 bits per heavy atom. The number of imide groups is 1. The van der Waals surface area contributed by atoms with Gasteiger partial charge in [0.1, 0.15) is 5.75 Å². The molecule has 0 bridgehead atoms. The molecule has 262 valence electrons. The maximum Gasteiger partial charge on any atom is 0.274 e. The molecule has 1 aromatic heterocycles. The maximum absolute atomic E-state index is 13.8. The summed E-state index contributed by atoms with van der Waals surface area (Å²) in [5.41, 5.74) is 3.18. The molecule has 0 fully saturated rings. The normalized spacial score (nSPS) is 14.3. The zero-order valence-electron chi connectivity index (χ0n) is 29.4. The number of para-hydroxylation sites is 1. The van der Waals surface area contributed by atoms with E-state index in [-0.39, 0.29) is 40.0 Å². The van der Waals surface area contributed by atoms with Gasteiger partial charge in [-0.25, -0.2) is 4.90 Å². The second kappa shape index (κ2) is 14.5. The number of benzene rings is 3. The van der Waals surface area contributed by atoms with Gasteiger partial charge in [-0.15, -0.1) is 0 Å². The van der Waals surface area contributed by atoms with Gasteiger partial charge in [-0.2, -0.15) is 0 Å². The highest BCUT2D eigenvalue weighted by molar-refractivity contribution is 6.40. The van der Waals surface area contributed by atoms with Crippen LogP contribution in [0.4, 0.5) is 11.4 Å². The Morgan fingerprint density at radius 3 is 2.16 bits per heavy atom. The summed E-state index contributed by atoms with van der Waals surface area (Å²) in [6.07, 6.45) is 3.90. The molecule has 50 heavy (non-hydrogen) atoms. The average Bonchev–Trinajstić information content (AvgIpc) is 3.74. The summed E-state index contributed by atoms with van der Waals surface area (Å²) in [4.78, 5) is 52.3. The second-order valence-electron chi connectivity index (χ2n) is 13.8. The number of ether oxygens (including phenoxy) is 1. The fourth-order valence-corrected chi connectivity index (χ4v) is 6.07. The van der Waals surface area contributed by atoms with Crippen molar-refractivity contribution >= 4 is 46.6 Å². The topological polar surface area (TPSA) is 118 Å². The molecule has 0 aliphatic carbocycles. The number of alkyl halides is 1. The fraction of sp³-hybridized carbons (Fsp3) is 0.350. The number of hydrogen-bond donors (Lipinski definition) is 2. The molecule has 10 heteroatoms. The van der Waals surface area contributed by atoms with Crippen molar-refractivity contribution in [3.63, 3.8) is 0 Å². The van der Waals surface area contributed by atoms with Gasteiger partial charge in [0.15, 0.2) is 5.76 Å². The molecule has 0 saturated heterocycles. The molecule has 0 saturated carbocycles. The minimum atomic E-state index is -2.32. The van der Waals surface area contributed by atoms with Crippen LogP contribution in [0, 0.1) is 0 Å². The van der Waals surface area contributed by atoms with E-state index >= 15 is 0 Å². The Balaban J connectivity index is 1.26. The highest BCUT2D eigenvalue weighted by atomic mass is 35.5. The fourth-order valence-electron chi connectivity index (χ4n) is 5.76. The minimum absolute atomic E-state index is 0.000918. The van der Waals surface area contributed by atoms with Gasteiger partial charge in [0.25, 0.3) is 22.7 Å². The Morgan fingerprint density at radius 1 is 0.800 bits per heavy atom. The number of amides is 4. The number of halogens is 1. The molecule has 2 heterocycles. The molecule has 4 amide bonds. The van der Waals surface area contributed by atoms with Crippen LogP contribution in [-0.4, -0.2) is 35.1 Å². The van der Waals surface area contributed by atoms with E-state index in [4.69, 9.17) is 20.8 Å². The molecule has 0 spiro atoms. The first-order chi connectivity index (χ1) is 23.7. The third-order valence-electron chi connectivity index (χ3n) is 9.72. The van der Waals surface area contributed by atoms with Crippen LogP contribution in [-0.2, 0) is 25.4 Å². The number of carbonyl (C=O) groups is 4. The van der Waals surface area contributed by atoms with Crippen molar-refractivity contribution in [1.82, 2.24) is 4.90 Å².